The fourth-order valence-corrected chi connectivity index (χ4v) is 4.72. The topological polar surface area (TPSA) is 18.5 Å². The summed E-state index contributed by atoms with van der Waals surface area (Å²) in [4.78, 5) is 0. The Bertz CT molecular complexity index is 185. The van der Waals surface area contributed by atoms with Crippen LogP contribution in [0.5, 0.6) is 0 Å². The largest absolute Gasteiger partial charge is 0.400 e. The maximum Gasteiger partial charge on any atom is 0.324 e. The summed E-state index contributed by atoms with van der Waals surface area (Å²) in [6, 6.07) is 0. The van der Waals surface area contributed by atoms with Crippen molar-refractivity contribution in [3.05, 3.63) is 0 Å². The lowest BCUT2D eigenvalue weighted by atomic mass is 9.88. The van der Waals surface area contributed by atoms with E-state index in [1.807, 2.05) is 0 Å². The van der Waals surface area contributed by atoms with Crippen molar-refractivity contribution < 1.29 is 8.85 Å². The standard InChI is InChI=1S/C15H34O2Si/c1-7-8-9-10-11-12-13-14(15(2,3)4)18(16-5)17-6/h14,18H,7-13H2,1-6H3. The summed E-state index contributed by atoms with van der Waals surface area (Å²) >= 11 is 0. The molecule has 0 spiro atoms. The second-order valence-electron chi connectivity index (χ2n) is 6.37. The first-order chi connectivity index (χ1) is 8.47. The summed E-state index contributed by atoms with van der Waals surface area (Å²) in [7, 11) is 2.11. The Hall–Kier alpha value is 0.137. The predicted molar refractivity (Wildman–Crippen MR) is 82.4 cm³/mol. The predicted octanol–water partition coefficient (Wildman–Crippen LogP) is 4.67. The molecule has 0 aliphatic heterocycles. The second-order valence-corrected chi connectivity index (χ2v) is 8.85. The summed E-state index contributed by atoms with van der Waals surface area (Å²) in [5, 5.41) is 0. The Morgan fingerprint density at radius 3 is 1.83 bits per heavy atom. The van der Waals surface area contributed by atoms with Crippen LogP contribution < -0.4 is 0 Å². The molecule has 0 amide bonds. The minimum Gasteiger partial charge on any atom is -0.400 e. The lowest BCUT2D eigenvalue weighted by Crippen LogP contribution is -2.34. The van der Waals surface area contributed by atoms with Crippen LogP contribution in [-0.4, -0.2) is 23.5 Å². The van der Waals surface area contributed by atoms with Crippen LogP contribution in [0.4, 0.5) is 0 Å². The van der Waals surface area contributed by atoms with Gasteiger partial charge in [-0.25, -0.2) is 0 Å². The molecule has 3 heteroatoms. The van der Waals surface area contributed by atoms with Gasteiger partial charge in [-0.15, -0.1) is 0 Å². The Morgan fingerprint density at radius 2 is 1.39 bits per heavy atom. The van der Waals surface area contributed by atoms with Gasteiger partial charge in [-0.2, -0.15) is 0 Å². The monoisotopic (exact) mass is 274 g/mol. The van der Waals surface area contributed by atoms with E-state index in [2.05, 4.69) is 27.7 Å². The maximum atomic E-state index is 5.60. The van der Waals surface area contributed by atoms with Crippen molar-refractivity contribution in [2.45, 2.75) is 78.2 Å². The van der Waals surface area contributed by atoms with E-state index in [1.54, 1.807) is 14.2 Å². The van der Waals surface area contributed by atoms with E-state index in [1.165, 1.54) is 44.9 Å². The van der Waals surface area contributed by atoms with Crippen molar-refractivity contribution >= 4 is 9.28 Å². The molecule has 0 radical (unpaired) electrons. The van der Waals surface area contributed by atoms with E-state index in [0.717, 1.165) is 0 Å². The quantitative estimate of drug-likeness (QED) is 0.426. The Morgan fingerprint density at radius 1 is 0.889 bits per heavy atom. The average molecular weight is 275 g/mol. The van der Waals surface area contributed by atoms with E-state index >= 15 is 0 Å². The van der Waals surface area contributed by atoms with Crippen LogP contribution >= 0.6 is 0 Å². The Labute approximate surface area is 116 Å². The number of hydrogen-bond donors (Lipinski definition) is 0. The first-order valence-corrected chi connectivity index (χ1v) is 9.13. The van der Waals surface area contributed by atoms with Crippen LogP contribution in [0, 0.1) is 5.41 Å². The highest BCUT2D eigenvalue weighted by atomic mass is 28.3. The molecule has 18 heavy (non-hydrogen) atoms. The first-order valence-electron chi connectivity index (χ1n) is 7.53. The van der Waals surface area contributed by atoms with Crippen molar-refractivity contribution in [1.29, 1.82) is 0 Å². The molecule has 0 N–H and O–H groups in total. The lowest BCUT2D eigenvalue weighted by Gasteiger charge is -2.34. The van der Waals surface area contributed by atoms with Gasteiger partial charge in [-0.1, -0.05) is 66.2 Å². The molecule has 1 unspecified atom stereocenters. The van der Waals surface area contributed by atoms with Crippen LogP contribution in [0.15, 0.2) is 0 Å². The van der Waals surface area contributed by atoms with Gasteiger partial charge in [0.15, 0.2) is 0 Å². The van der Waals surface area contributed by atoms with Gasteiger partial charge in [-0.05, 0) is 11.8 Å². The third kappa shape index (κ3) is 7.55. The zero-order valence-corrected chi connectivity index (χ0v) is 14.6. The van der Waals surface area contributed by atoms with Crippen molar-refractivity contribution in [2.24, 2.45) is 5.41 Å². The highest BCUT2D eigenvalue weighted by Crippen LogP contribution is 2.38. The molecule has 0 fully saturated rings. The second kappa shape index (κ2) is 9.99. The highest BCUT2D eigenvalue weighted by Gasteiger charge is 2.34. The fraction of sp³-hybridized carbons (Fsp3) is 1.00. The molecule has 0 saturated heterocycles. The molecular formula is C15H34O2Si. The average Bonchev–Trinajstić information content (AvgIpc) is 2.31. The van der Waals surface area contributed by atoms with E-state index < -0.39 is 9.28 Å². The zero-order valence-electron chi connectivity index (χ0n) is 13.4. The summed E-state index contributed by atoms with van der Waals surface area (Å²) in [5.41, 5.74) is 0.908. The smallest absolute Gasteiger partial charge is 0.324 e. The summed E-state index contributed by atoms with van der Waals surface area (Å²) in [5.74, 6) is 0. The van der Waals surface area contributed by atoms with Crippen molar-refractivity contribution in [2.75, 3.05) is 14.2 Å². The van der Waals surface area contributed by atoms with Gasteiger partial charge in [-0.3, -0.25) is 0 Å². The molecule has 0 bridgehead atoms. The molecule has 2 nitrogen and oxygen atoms in total. The van der Waals surface area contributed by atoms with E-state index in [9.17, 15) is 0 Å². The number of unbranched alkanes of at least 4 members (excludes halogenated alkanes) is 5. The Balaban J connectivity index is 4.03. The SMILES string of the molecule is CCCCCCCCC([SiH](OC)OC)C(C)(C)C. The molecule has 1 atom stereocenters. The molecular weight excluding hydrogens is 240 g/mol. The van der Waals surface area contributed by atoms with Crippen LogP contribution in [0.3, 0.4) is 0 Å². The van der Waals surface area contributed by atoms with Gasteiger partial charge in [0.25, 0.3) is 0 Å². The van der Waals surface area contributed by atoms with Gasteiger partial charge in [0.1, 0.15) is 0 Å². The van der Waals surface area contributed by atoms with E-state index in [4.69, 9.17) is 8.85 Å². The normalized spacial score (nSPS) is 14.2. The molecule has 0 aromatic heterocycles. The van der Waals surface area contributed by atoms with Crippen LogP contribution in [-0.2, 0) is 8.85 Å². The summed E-state index contributed by atoms with van der Waals surface area (Å²) in [6.45, 7) is 9.20. The van der Waals surface area contributed by atoms with Crippen LogP contribution in [0.1, 0.15) is 72.6 Å². The lowest BCUT2D eigenvalue weighted by molar-refractivity contribution is 0.220. The van der Waals surface area contributed by atoms with Gasteiger partial charge in [0.2, 0.25) is 0 Å². The minimum absolute atomic E-state index is 0.298. The first kappa shape index (κ1) is 18.1. The summed E-state index contributed by atoms with van der Waals surface area (Å²) < 4.78 is 11.2. The van der Waals surface area contributed by atoms with Crippen molar-refractivity contribution in [1.82, 2.24) is 0 Å². The van der Waals surface area contributed by atoms with Crippen molar-refractivity contribution in [3.8, 4) is 0 Å². The Kier molecular flexibility index (Phi) is 10.1. The van der Waals surface area contributed by atoms with Gasteiger partial charge in [0, 0.05) is 19.8 Å². The van der Waals surface area contributed by atoms with Crippen molar-refractivity contribution in [3.63, 3.8) is 0 Å². The van der Waals surface area contributed by atoms with E-state index in [-0.39, 0.29) is 0 Å². The third-order valence-corrected chi connectivity index (χ3v) is 6.69. The van der Waals surface area contributed by atoms with Crippen LogP contribution in [0.2, 0.25) is 5.54 Å². The highest BCUT2D eigenvalue weighted by molar-refractivity contribution is 6.46. The van der Waals surface area contributed by atoms with Gasteiger partial charge in [0.05, 0.1) is 0 Å². The molecule has 0 rings (SSSR count). The zero-order chi connectivity index (χ0) is 14.0. The number of hydrogen-bond acceptors (Lipinski definition) is 2. The minimum atomic E-state index is -1.50. The third-order valence-electron chi connectivity index (χ3n) is 3.77. The summed E-state index contributed by atoms with van der Waals surface area (Å²) in [6.07, 6.45) is 9.43. The maximum absolute atomic E-state index is 5.60. The number of rotatable bonds is 10. The van der Waals surface area contributed by atoms with Crippen LogP contribution in [0.25, 0.3) is 0 Å². The molecule has 0 saturated carbocycles. The van der Waals surface area contributed by atoms with Gasteiger partial charge < -0.3 is 8.85 Å². The molecule has 0 aliphatic carbocycles. The fourth-order valence-electron chi connectivity index (χ4n) is 2.55. The molecule has 0 aliphatic rings. The molecule has 0 aromatic carbocycles. The molecule has 0 aromatic rings. The molecule has 0 heterocycles. The molecule has 110 valence electrons. The van der Waals surface area contributed by atoms with Gasteiger partial charge >= 0.3 is 9.28 Å². The van der Waals surface area contributed by atoms with E-state index in [0.29, 0.717) is 11.0 Å².